The average Bonchev–Trinajstić information content (AvgIpc) is 3.23. The summed E-state index contributed by atoms with van der Waals surface area (Å²) in [5, 5.41) is 0.827. The molecular weight excluding hydrogens is 454 g/mol. The molecule has 3 N–H and O–H groups in total. The molecule has 0 aliphatic rings. The van der Waals surface area contributed by atoms with Gasteiger partial charge in [0.2, 0.25) is 15.9 Å². The molecule has 4 aromatic rings. The number of benzene rings is 3. The Kier molecular flexibility index (Phi) is 6.76. The van der Waals surface area contributed by atoms with E-state index in [1.165, 1.54) is 30.5 Å². The van der Waals surface area contributed by atoms with Crippen molar-refractivity contribution in [3.8, 4) is 0 Å². The monoisotopic (exact) mass is 477 g/mol. The molecule has 0 spiro atoms. The number of furan rings is 1. The highest BCUT2D eigenvalue weighted by atomic mass is 32.2. The molecule has 4 rings (SSSR count). The zero-order valence-electron chi connectivity index (χ0n) is 18.4. The van der Waals surface area contributed by atoms with Crippen molar-refractivity contribution in [1.29, 1.82) is 0 Å². The number of rotatable bonds is 7. The maximum Gasteiger partial charge on any atom is 0.269 e. The number of hydrazine groups is 1. The standard InChI is InChI=1S/C25H23N3O5S/c1-17-10-11-22-20(16-33-23(22)12-17)14-24(29)27-28-25(30)19-8-5-9-21(13-19)34(31,32)26-15-18-6-3-2-4-7-18/h2-13,16,26H,14-15H2,1H3,(H,27,29)(H,28,30). The first kappa shape index (κ1) is 23.2. The van der Waals surface area contributed by atoms with E-state index in [9.17, 15) is 18.0 Å². The molecule has 1 aromatic heterocycles. The smallest absolute Gasteiger partial charge is 0.269 e. The normalized spacial score (nSPS) is 11.3. The first-order chi connectivity index (χ1) is 16.3. The predicted molar refractivity (Wildman–Crippen MR) is 127 cm³/mol. The van der Waals surface area contributed by atoms with Crippen molar-refractivity contribution in [3.63, 3.8) is 0 Å². The Balaban J connectivity index is 1.36. The van der Waals surface area contributed by atoms with Crippen molar-refractivity contribution in [2.75, 3.05) is 0 Å². The minimum absolute atomic E-state index is 0.00810. The molecule has 0 bridgehead atoms. The predicted octanol–water partition coefficient (Wildman–Crippen LogP) is 3.22. The molecule has 0 unspecified atom stereocenters. The van der Waals surface area contributed by atoms with Gasteiger partial charge in [-0.1, -0.05) is 48.5 Å². The van der Waals surface area contributed by atoms with Crippen LogP contribution in [0, 0.1) is 6.92 Å². The number of amides is 2. The molecule has 0 radical (unpaired) electrons. The molecule has 0 atom stereocenters. The fourth-order valence-corrected chi connectivity index (χ4v) is 4.47. The molecule has 0 aliphatic carbocycles. The van der Waals surface area contributed by atoms with Gasteiger partial charge < -0.3 is 4.42 Å². The van der Waals surface area contributed by atoms with Crippen LogP contribution in [-0.2, 0) is 27.8 Å². The van der Waals surface area contributed by atoms with Gasteiger partial charge in [0.05, 0.1) is 17.6 Å². The van der Waals surface area contributed by atoms with E-state index in [4.69, 9.17) is 4.42 Å². The van der Waals surface area contributed by atoms with E-state index < -0.39 is 21.8 Å². The van der Waals surface area contributed by atoms with E-state index in [1.54, 1.807) is 0 Å². The van der Waals surface area contributed by atoms with Crippen molar-refractivity contribution in [1.82, 2.24) is 15.6 Å². The lowest BCUT2D eigenvalue weighted by Crippen LogP contribution is -2.42. The quantitative estimate of drug-likeness (QED) is 0.353. The minimum atomic E-state index is -3.83. The van der Waals surface area contributed by atoms with Gasteiger partial charge in [0.15, 0.2) is 0 Å². The Labute approximate surface area is 197 Å². The van der Waals surface area contributed by atoms with Gasteiger partial charge >= 0.3 is 0 Å². The highest BCUT2D eigenvalue weighted by Crippen LogP contribution is 2.22. The number of hydrogen-bond donors (Lipinski definition) is 3. The average molecular weight is 478 g/mol. The Morgan fingerprint density at radius 2 is 1.71 bits per heavy atom. The van der Waals surface area contributed by atoms with Gasteiger partial charge in [-0.3, -0.25) is 20.4 Å². The van der Waals surface area contributed by atoms with E-state index in [0.29, 0.717) is 11.1 Å². The van der Waals surface area contributed by atoms with Crippen molar-refractivity contribution in [2.45, 2.75) is 24.8 Å². The lowest BCUT2D eigenvalue weighted by molar-refractivity contribution is -0.121. The van der Waals surface area contributed by atoms with E-state index >= 15 is 0 Å². The van der Waals surface area contributed by atoms with Gasteiger partial charge in [-0.05, 0) is 42.3 Å². The number of fused-ring (bicyclic) bond motifs is 1. The molecular formula is C25H23N3O5S. The summed E-state index contributed by atoms with van der Waals surface area (Å²) in [6.07, 6.45) is 1.52. The van der Waals surface area contributed by atoms with Gasteiger partial charge in [0, 0.05) is 23.1 Å². The van der Waals surface area contributed by atoms with Crippen LogP contribution in [0.15, 0.2) is 88.4 Å². The largest absolute Gasteiger partial charge is 0.464 e. The first-order valence-corrected chi connectivity index (χ1v) is 12.0. The van der Waals surface area contributed by atoms with E-state index in [1.807, 2.05) is 55.5 Å². The summed E-state index contributed by atoms with van der Waals surface area (Å²) in [7, 11) is -3.83. The molecule has 2 amide bonds. The second kappa shape index (κ2) is 9.90. The van der Waals surface area contributed by atoms with Crippen LogP contribution >= 0.6 is 0 Å². The van der Waals surface area contributed by atoms with Gasteiger partial charge in [0.1, 0.15) is 5.58 Å². The second-order valence-corrected chi connectivity index (χ2v) is 9.54. The number of sulfonamides is 1. The fourth-order valence-electron chi connectivity index (χ4n) is 3.41. The maximum absolute atomic E-state index is 12.6. The highest BCUT2D eigenvalue weighted by molar-refractivity contribution is 7.89. The third-order valence-electron chi connectivity index (χ3n) is 5.19. The molecule has 0 saturated carbocycles. The number of nitrogens with one attached hydrogen (secondary N) is 3. The molecule has 0 aliphatic heterocycles. The van der Waals surface area contributed by atoms with E-state index in [2.05, 4.69) is 15.6 Å². The summed E-state index contributed by atoms with van der Waals surface area (Å²) in [6, 6.07) is 20.4. The Bertz CT molecular complexity index is 1450. The lowest BCUT2D eigenvalue weighted by Gasteiger charge is -2.10. The molecule has 34 heavy (non-hydrogen) atoms. The number of carbonyl (C=O) groups is 2. The van der Waals surface area contributed by atoms with E-state index in [-0.39, 0.29) is 23.4 Å². The van der Waals surface area contributed by atoms with Crippen LogP contribution in [-0.4, -0.2) is 20.2 Å². The summed E-state index contributed by atoms with van der Waals surface area (Å²) >= 11 is 0. The third kappa shape index (κ3) is 5.51. The van der Waals surface area contributed by atoms with Gasteiger partial charge in [0.25, 0.3) is 5.91 Å². The Morgan fingerprint density at radius 1 is 0.912 bits per heavy atom. The van der Waals surface area contributed by atoms with Gasteiger partial charge in [-0.2, -0.15) is 0 Å². The number of aryl methyl sites for hydroxylation is 1. The van der Waals surface area contributed by atoms with Crippen LogP contribution in [0.1, 0.15) is 27.0 Å². The maximum atomic E-state index is 12.6. The minimum Gasteiger partial charge on any atom is -0.464 e. The van der Waals surface area contributed by atoms with Crippen LogP contribution in [0.4, 0.5) is 0 Å². The van der Waals surface area contributed by atoms with Crippen LogP contribution in [0.5, 0.6) is 0 Å². The summed E-state index contributed by atoms with van der Waals surface area (Å²) in [6.45, 7) is 2.07. The van der Waals surface area contributed by atoms with Crippen LogP contribution in [0.3, 0.4) is 0 Å². The first-order valence-electron chi connectivity index (χ1n) is 10.5. The Morgan fingerprint density at radius 3 is 2.50 bits per heavy atom. The second-order valence-electron chi connectivity index (χ2n) is 7.78. The zero-order chi connectivity index (χ0) is 24.1. The number of hydrogen-bond acceptors (Lipinski definition) is 5. The molecule has 0 saturated heterocycles. The summed E-state index contributed by atoms with van der Waals surface area (Å²) in [4.78, 5) is 24.8. The van der Waals surface area contributed by atoms with Crippen LogP contribution in [0.25, 0.3) is 11.0 Å². The summed E-state index contributed by atoms with van der Waals surface area (Å²) in [5.74, 6) is -1.08. The fraction of sp³-hybridized carbons (Fsp3) is 0.120. The molecule has 3 aromatic carbocycles. The molecule has 174 valence electrons. The van der Waals surface area contributed by atoms with E-state index in [0.717, 1.165) is 16.5 Å². The van der Waals surface area contributed by atoms with Crippen LogP contribution < -0.4 is 15.6 Å². The van der Waals surface area contributed by atoms with Gasteiger partial charge in [-0.15, -0.1) is 0 Å². The summed E-state index contributed by atoms with van der Waals surface area (Å²) < 4.78 is 33.3. The molecule has 8 nitrogen and oxygen atoms in total. The number of carbonyl (C=O) groups excluding carboxylic acids is 2. The van der Waals surface area contributed by atoms with Crippen molar-refractivity contribution in [3.05, 3.63) is 101 Å². The molecule has 1 heterocycles. The molecule has 9 heteroatoms. The Hall–Kier alpha value is -3.95. The lowest BCUT2D eigenvalue weighted by atomic mass is 10.1. The highest BCUT2D eigenvalue weighted by Gasteiger charge is 2.17. The summed E-state index contributed by atoms with van der Waals surface area (Å²) in [5.41, 5.74) is 8.00. The third-order valence-corrected chi connectivity index (χ3v) is 6.59. The SMILES string of the molecule is Cc1ccc2c(CC(=O)NNC(=O)c3cccc(S(=O)(=O)NCc4ccccc4)c3)coc2c1. The molecule has 0 fully saturated rings. The zero-order valence-corrected chi connectivity index (χ0v) is 19.2. The van der Waals surface area contributed by atoms with Crippen molar-refractivity contribution in [2.24, 2.45) is 0 Å². The van der Waals surface area contributed by atoms with Crippen molar-refractivity contribution < 1.29 is 22.4 Å². The van der Waals surface area contributed by atoms with Gasteiger partial charge in [-0.25, -0.2) is 13.1 Å². The topological polar surface area (TPSA) is 118 Å². The van der Waals surface area contributed by atoms with Crippen LogP contribution in [0.2, 0.25) is 0 Å². The van der Waals surface area contributed by atoms with Crippen molar-refractivity contribution >= 4 is 32.8 Å².